The van der Waals surface area contributed by atoms with Crippen LogP contribution in [0.3, 0.4) is 0 Å². The molecular formula is C18H27NO4. The van der Waals surface area contributed by atoms with Gasteiger partial charge in [-0.25, -0.2) is 0 Å². The predicted octanol–water partition coefficient (Wildman–Crippen LogP) is 2.84. The van der Waals surface area contributed by atoms with Crippen molar-refractivity contribution in [2.24, 2.45) is 5.92 Å². The summed E-state index contributed by atoms with van der Waals surface area (Å²) in [5.41, 5.74) is 0.555. The summed E-state index contributed by atoms with van der Waals surface area (Å²) in [4.78, 5) is 24.4. The topological polar surface area (TPSA) is 64.6 Å². The van der Waals surface area contributed by atoms with Crippen molar-refractivity contribution in [1.29, 1.82) is 0 Å². The number of ether oxygens (including phenoxy) is 2. The van der Waals surface area contributed by atoms with Crippen LogP contribution in [0, 0.1) is 5.92 Å². The largest absolute Gasteiger partial charge is 0.494 e. The molecule has 0 fully saturated rings. The minimum absolute atomic E-state index is 0.0343. The van der Waals surface area contributed by atoms with E-state index < -0.39 is 6.04 Å². The number of hydrogen-bond donors (Lipinski definition) is 1. The minimum atomic E-state index is -0.575. The van der Waals surface area contributed by atoms with Crippen LogP contribution in [0.2, 0.25) is 0 Å². The molecule has 0 saturated carbocycles. The van der Waals surface area contributed by atoms with Crippen LogP contribution in [-0.2, 0) is 9.53 Å². The van der Waals surface area contributed by atoms with Crippen LogP contribution in [0.1, 0.15) is 44.5 Å². The van der Waals surface area contributed by atoms with Crippen molar-refractivity contribution in [1.82, 2.24) is 5.32 Å². The molecule has 0 aliphatic rings. The second kappa shape index (κ2) is 10.0. The van der Waals surface area contributed by atoms with Gasteiger partial charge in [-0.3, -0.25) is 9.59 Å². The number of benzene rings is 1. The van der Waals surface area contributed by atoms with E-state index in [1.54, 1.807) is 31.2 Å². The molecule has 5 heteroatoms. The van der Waals surface area contributed by atoms with Crippen LogP contribution in [0.25, 0.3) is 0 Å². The maximum Gasteiger partial charge on any atom is 0.307 e. The fourth-order valence-electron chi connectivity index (χ4n) is 2.11. The first kappa shape index (κ1) is 19.2. The monoisotopic (exact) mass is 321 g/mol. The van der Waals surface area contributed by atoms with Gasteiger partial charge in [-0.2, -0.15) is 0 Å². The van der Waals surface area contributed by atoms with E-state index in [2.05, 4.69) is 19.2 Å². The first-order valence-corrected chi connectivity index (χ1v) is 8.14. The van der Waals surface area contributed by atoms with Gasteiger partial charge in [-0.05, 0) is 50.6 Å². The van der Waals surface area contributed by atoms with Gasteiger partial charge in [0, 0.05) is 5.56 Å². The van der Waals surface area contributed by atoms with Gasteiger partial charge in [0.25, 0.3) is 0 Å². The summed E-state index contributed by atoms with van der Waals surface area (Å²) in [5.74, 6) is 0.628. The summed E-state index contributed by atoms with van der Waals surface area (Å²) in [6.07, 6.45) is 0.0343. The van der Waals surface area contributed by atoms with Crippen LogP contribution in [-0.4, -0.2) is 37.6 Å². The maximum atomic E-state index is 12.7. The third kappa shape index (κ3) is 6.82. The Morgan fingerprint density at radius 3 is 2.26 bits per heavy atom. The van der Waals surface area contributed by atoms with Crippen molar-refractivity contribution >= 4 is 11.8 Å². The molecule has 0 bridgehead atoms. The number of ketones is 1. The average Bonchev–Trinajstić information content (AvgIpc) is 2.52. The van der Waals surface area contributed by atoms with E-state index >= 15 is 0 Å². The smallest absolute Gasteiger partial charge is 0.307 e. The summed E-state index contributed by atoms with van der Waals surface area (Å²) in [5, 5.41) is 3.16. The Bertz CT molecular complexity index is 496. The second-order valence-electron chi connectivity index (χ2n) is 5.69. The Balaban J connectivity index is 2.81. The normalized spacial score (nSPS) is 12.0. The summed E-state index contributed by atoms with van der Waals surface area (Å²) < 4.78 is 10.3. The molecule has 0 aromatic heterocycles. The standard InChI is InChI=1S/C18H27NO4/c1-5-22-15-9-7-14(8-10-15)18(21)16(19-12-13(3)4)11-17(20)23-6-2/h7-10,13,16,19H,5-6,11-12H2,1-4H3. The molecule has 1 aromatic carbocycles. The highest BCUT2D eigenvalue weighted by Crippen LogP contribution is 2.15. The fourth-order valence-corrected chi connectivity index (χ4v) is 2.11. The molecule has 1 rings (SSSR count). The number of nitrogens with one attached hydrogen (secondary N) is 1. The molecule has 1 aromatic rings. The van der Waals surface area contributed by atoms with Gasteiger partial charge in [-0.15, -0.1) is 0 Å². The lowest BCUT2D eigenvalue weighted by molar-refractivity contribution is -0.143. The lowest BCUT2D eigenvalue weighted by Gasteiger charge is -2.18. The lowest BCUT2D eigenvalue weighted by atomic mass is 10.0. The predicted molar refractivity (Wildman–Crippen MR) is 89.8 cm³/mol. The van der Waals surface area contributed by atoms with Crippen LogP contribution >= 0.6 is 0 Å². The molecule has 0 radical (unpaired) electrons. The van der Waals surface area contributed by atoms with E-state index in [1.165, 1.54) is 0 Å². The van der Waals surface area contributed by atoms with Crippen LogP contribution in [0.15, 0.2) is 24.3 Å². The molecule has 1 atom stereocenters. The zero-order valence-corrected chi connectivity index (χ0v) is 14.4. The Kier molecular flexibility index (Phi) is 8.33. The molecule has 1 unspecified atom stereocenters. The van der Waals surface area contributed by atoms with E-state index in [1.807, 2.05) is 6.92 Å². The molecule has 128 valence electrons. The second-order valence-corrected chi connectivity index (χ2v) is 5.69. The first-order valence-electron chi connectivity index (χ1n) is 8.14. The summed E-state index contributed by atoms with van der Waals surface area (Å²) in [7, 11) is 0. The Morgan fingerprint density at radius 2 is 1.74 bits per heavy atom. The first-order chi connectivity index (χ1) is 11.0. The highest BCUT2D eigenvalue weighted by molar-refractivity contribution is 6.01. The molecule has 0 heterocycles. The Hall–Kier alpha value is -1.88. The molecule has 0 spiro atoms. The van der Waals surface area contributed by atoms with Crippen LogP contribution in [0.5, 0.6) is 5.75 Å². The molecule has 0 aliphatic heterocycles. The SMILES string of the molecule is CCOC(=O)CC(NCC(C)C)C(=O)c1ccc(OCC)cc1. The molecule has 0 saturated heterocycles. The van der Waals surface area contributed by atoms with E-state index in [0.717, 1.165) is 5.75 Å². The van der Waals surface area contributed by atoms with Gasteiger partial charge in [0.1, 0.15) is 5.75 Å². The molecule has 1 N–H and O–H groups in total. The third-order valence-electron chi connectivity index (χ3n) is 3.21. The molecule has 0 aliphatic carbocycles. The fraction of sp³-hybridized carbons (Fsp3) is 0.556. The number of carbonyl (C=O) groups is 2. The van der Waals surface area contributed by atoms with Crippen LogP contribution in [0.4, 0.5) is 0 Å². The van der Waals surface area contributed by atoms with Gasteiger partial charge >= 0.3 is 5.97 Å². The molecular weight excluding hydrogens is 294 g/mol. The zero-order valence-electron chi connectivity index (χ0n) is 14.4. The summed E-state index contributed by atoms with van der Waals surface area (Å²) >= 11 is 0. The quantitative estimate of drug-likeness (QED) is 0.530. The highest BCUT2D eigenvalue weighted by atomic mass is 16.5. The number of carbonyl (C=O) groups excluding carboxylic acids is 2. The van der Waals surface area contributed by atoms with Gasteiger partial charge in [0.15, 0.2) is 5.78 Å². The molecule has 23 heavy (non-hydrogen) atoms. The van der Waals surface area contributed by atoms with Crippen molar-refractivity contribution in [3.63, 3.8) is 0 Å². The minimum Gasteiger partial charge on any atom is -0.494 e. The van der Waals surface area contributed by atoms with Gasteiger partial charge in [0.2, 0.25) is 0 Å². The summed E-state index contributed by atoms with van der Waals surface area (Å²) in [6, 6.07) is 6.40. The van der Waals surface area contributed by atoms with Gasteiger partial charge < -0.3 is 14.8 Å². The third-order valence-corrected chi connectivity index (χ3v) is 3.21. The van der Waals surface area contributed by atoms with E-state index in [9.17, 15) is 9.59 Å². The van der Waals surface area contributed by atoms with Crippen molar-refractivity contribution in [3.8, 4) is 5.75 Å². The Morgan fingerprint density at radius 1 is 1.09 bits per heavy atom. The molecule has 5 nitrogen and oxygen atoms in total. The maximum absolute atomic E-state index is 12.7. The number of rotatable bonds is 10. The van der Waals surface area contributed by atoms with Crippen LogP contribution < -0.4 is 10.1 Å². The van der Waals surface area contributed by atoms with E-state index in [4.69, 9.17) is 9.47 Å². The zero-order chi connectivity index (χ0) is 17.2. The summed E-state index contributed by atoms with van der Waals surface area (Å²) in [6.45, 7) is 9.31. The lowest BCUT2D eigenvalue weighted by Crippen LogP contribution is -2.40. The van der Waals surface area contributed by atoms with E-state index in [-0.39, 0.29) is 18.2 Å². The molecule has 0 amide bonds. The number of hydrogen-bond acceptors (Lipinski definition) is 5. The van der Waals surface area contributed by atoms with Gasteiger partial charge in [-0.1, -0.05) is 13.8 Å². The van der Waals surface area contributed by atoms with E-state index in [0.29, 0.717) is 31.2 Å². The van der Waals surface area contributed by atoms with Crippen molar-refractivity contribution in [2.75, 3.05) is 19.8 Å². The van der Waals surface area contributed by atoms with Crippen molar-refractivity contribution < 1.29 is 19.1 Å². The average molecular weight is 321 g/mol. The number of Topliss-reactive ketones (excluding diaryl/α,β-unsaturated/α-hetero) is 1. The van der Waals surface area contributed by atoms with Crippen molar-refractivity contribution in [2.45, 2.75) is 40.2 Å². The highest BCUT2D eigenvalue weighted by Gasteiger charge is 2.23. The number of esters is 1. The Labute approximate surface area is 138 Å². The van der Waals surface area contributed by atoms with Gasteiger partial charge in [0.05, 0.1) is 25.7 Å². The van der Waals surface area contributed by atoms with Crippen molar-refractivity contribution in [3.05, 3.63) is 29.8 Å².